The van der Waals surface area contributed by atoms with Crippen molar-refractivity contribution in [2.45, 2.75) is 6.92 Å². The van der Waals surface area contributed by atoms with E-state index in [1.54, 1.807) is 0 Å². The SMILES string of the molecule is C/C=C\C=C/c1cc2ccccc2cc1-c1ccc(-c2nc(-c3ccccc3)nc(-c3ccc4c(c3)oc3ccccc34)n2)c2c1oc1ccccc12. The van der Waals surface area contributed by atoms with Crippen LogP contribution in [0.25, 0.3) is 106 Å². The second kappa shape index (κ2) is 12.6. The lowest BCUT2D eigenvalue weighted by Crippen LogP contribution is -2.00. The van der Waals surface area contributed by atoms with E-state index in [4.69, 9.17) is 23.8 Å². The van der Waals surface area contributed by atoms with Crippen molar-refractivity contribution in [2.75, 3.05) is 0 Å². The summed E-state index contributed by atoms with van der Waals surface area (Å²) < 4.78 is 13.0. The molecule has 0 amide bonds. The van der Waals surface area contributed by atoms with Crippen molar-refractivity contribution < 1.29 is 8.83 Å². The molecule has 10 aromatic rings. The summed E-state index contributed by atoms with van der Waals surface area (Å²) in [5.74, 6) is 1.71. The van der Waals surface area contributed by atoms with Crippen molar-refractivity contribution >= 4 is 60.7 Å². The number of rotatable bonds is 6. The molecule has 5 nitrogen and oxygen atoms in total. The van der Waals surface area contributed by atoms with E-state index >= 15 is 0 Å². The summed E-state index contributed by atoms with van der Waals surface area (Å²) in [6.45, 7) is 2.02. The van der Waals surface area contributed by atoms with Gasteiger partial charge in [-0.3, -0.25) is 0 Å². The van der Waals surface area contributed by atoms with E-state index < -0.39 is 0 Å². The fraction of sp³-hybridized carbons (Fsp3) is 0.0208. The number of fused-ring (bicyclic) bond motifs is 7. The molecule has 0 radical (unpaired) electrons. The maximum Gasteiger partial charge on any atom is 0.164 e. The monoisotopic (exact) mass is 681 g/mol. The molecule has 0 aliphatic heterocycles. The number of allylic oxidation sites excluding steroid dienone is 3. The molecular weight excluding hydrogens is 651 g/mol. The Morgan fingerprint density at radius 1 is 0.453 bits per heavy atom. The predicted octanol–water partition coefficient (Wildman–Crippen LogP) is 13.1. The summed E-state index contributed by atoms with van der Waals surface area (Å²) in [4.78, 5) is 15.4. The van der Waals surface area contributed by atoms with E-state index in [9.17, 15) is 0 Å². The molecule has 0 spiro atoms. The van der Waals surface area contributed by atoms with Crippen molar-refractivity contribution in [3.8, 4) is 45.3 Å². The van der Waals surface area contributed by atoms with Gasteiger partial charge in [-0.15, -0.1) is 0 Å². The molecular formula is C48H31N3O2. The highest BCUT2D eigenvalue weighted by Gasteiger charge is 2.22. The number of aromatic nitrogens is 3. The fourth-order valence-electron chi connectivity index (χ4n) is 7.33. The Balaban J connectivity index is 1.22. The lowest BCUT2D eigenvalue weighted by Gasteiger charge is -2.13. The molecule has 250 valence electrons. The zero-order valence-electron chi connectivity index (χ0n) is 28.8. The van der Waals surface area contributed by atoms with Gasteiger partial charge in [-0.1, -0.05) is 121 Å². The fourth-order valence-corrected chi connectivity index (χ4v) is 7.33. The normalized spacial score (nSPS) is 12.1. The van der Waals surface area contributed by atoms with Crippen molar-refractivity contribution in [1.29, 1.82) is 0 Å². The quantitative estimate of drug-likeness (QED) is 0.163. The van der Waals surface area contributed by atoms with Crippen molar-refractivity contribution in [1.82, 2.24) is 15.0 Å². The Hall–Kier alpha value is -7.11. The average Bonchev–Trinajstić information content (AvgIpc) is 3.79. The zero-order chi connectivity index (χ0) is 35.3. The van der Waals surface area contributed by atoms with E-state index in [1.807, 2.05) is 91.9 Å². The van der Waals surface area contributed by atoms with E-state index in [2.05, 4.69) is 84.9 Å². The molecule has 0 aliphatic rings. The van der Waals surface area contributed by atoms with Crippen LogP contribution in [0.3, 0.4) is 0 Å². The second-order valence-corrected chi connectivity index (χ2v) is 13.1. The van der Waals surface area contributed by atoms with Crippen LogP contribution in [0, 0.1) is 0 Å². The van der Waals surface area contributed by atoms with Gasteiger partial charge in [0, 0.05) is 43.8 Å². The third kappa shape index (κ3) is 5.29. The lowest BCUT2D eigenvalue weighted by atomic mass is 9.92. The first-order chi connectivity index (χ1) is 26.2. The van der Waals surface area contributed by atoms with Gasteiger partial charge < -0.3 is 8.83 Å². The van der Waals surface area contributed by atoms with Gasteiger partial charge in [0.1, 0.15) is 22.3 Å². The van der Waals surface area contributed by atoms with E-state index in [1.165, 1.54) is 5.39 Å². The maximum absolute atomic E-state index is 6.78. The van der Waals surface area contributed by atoms with Gasteiger partial charge >= 0.3 is 0 Å². The molecule has 3 heterocycles. The highest BCUT2D eigenvalue weighted by Crippen LogP contribution is 2.43. The first kappa shape index (κ1) is 30.7. The molecule has 0 unspecified atom stereocenters. The number of nitrogens with zero attached hydrogens (tertiary/aromatic N) is 3. The van der Waals surface area contributed by atoms with Crippen LogP contribution in [-0.2, 0) is 0 Å². The molecule has 0 N–H and O–H groups in total. The highest BCUT2D eigenvalue weighted by atomic mass is 16.3. The summed E-state index contributed by atoms with van der Waals surface area (Å²) >= 11 is 0. The molecule has 0 atom stereocenters. The summed E-state index contributed by atoms with van der Waals surface area (Å²) in [7, 11) is 0. The topological polar surface area (TPSA) is 65.0 Å². The third-order valence-electron chi connectivity index (χ3n) is 9.86. The molecule has 3 aromatic heterocycles. The standard InChI is InChI=1S/C48H31N3O2/c1-2-3-5-18-33-27-31-16-8-9-17-32(31)28-40(33)37-25-26-39(44-38-20-11-13-22-42(38)53-45(37)44)48-50-46(30-14-6-4-7-15-30)49-47(51-48)34-23-24-36-35-19-10-12-21-41(35)52-43(36)29-34/h2-29H,1H3/b3-2-,18-5-. The molecule has 0 fully saturated rings. The molecule has 53 heavy (non-hydrogen) atoms. The summed E-state index contributed by atoms with van der Waals surface area (Å²) in [5.41, 5.74) is 9.02. The van der Waals surface area contributed by atoms with Gasteiger partial charge in [-0.2, -0.15) is 0 Å². The number of benzene rings is 7. The van der Waals surface area contributed by atoms with Crippen LogP contribution < -0.4 is 0 Å². The van der Waals surface area contributed by atoms with Crippen LogP contribution in [0.15, 0.2) is 173 Å². The van der Waals surface area contributed by atoms with Gasteiger partial charge in [0.05, 0.1) is 0 Å². The molecule has 5 heteroatoms. The molecule has 10 rings (SSSR count). The Morgan fingerprint density at radius 2 is 1.09 bits per heavy atom. The molecule has 7 aromatic carbocycles. The average molecular weight is 682 g/mol. The van der Waals surface area contributed by atoms with Crippen LogP contribution in [0.2, 0.25) is 0 Å². The largest absolute Gasteiger partial charge is 0.456 e. The predicted molar refractivity (Wildman–Crippen MR) is 217 cm³/mol. The summed E-state index contributed by atoms with van der Waals surface area (Å²) in [6.07, 6.45) is 8.32. The Morgan fingerprint density at radius 3 is 1.91 bits per heavy atom. The van der Waals surface area contributed by atoms with Gasteiger partial charge in [-0.05, 0) is 77.4 Å². The molecule has 0 bridgehead atoms. The highest BCUT2D eigenvalue weighted by molar-refractivity contribution is 6.16. The van der Waals surface area contributed by atoms with Gasteiger partial charge in [0.15, 0.2) is 17.5 Å². The van der Waals surface area contributed by atoms with E-state index in [0.29, 0.717) is 17.5 Å². The van der Waals surface area contributed by atoms with Gasteiger partial charge in [0.25, 0.3) is 0 Å². The number of para-hydroxylation sites is 2. The number of furan rings is 2. The molecule has 0 aliphatic carbocycles. The first-order valence-electron chi connectivity index (χ1n) is 17.7. The first-order valence-corrected chi connectivity index (χ1v) is 17.7. The lowest BCUT2D eigenvalue weighted by molar-refractivity contribution is 0.669. The van der Waals surface area contributed by atoms with Crippen LogP contribution in [0.1, 0.15) is 12.5 Å². The molecule has 0 saturated carbocycles. The van der Waals surface area contributed by atoms with Gasteiger partial charge in [0.2, 0.25) is 0 Å². The van der Waals surface area contributed by atoms with Crippen LogP contribution in [0.5, 0.6) is 0 Å². The van der Waals surface area contributed by atoms with E-state index in [-0.39, 0.29) is 0 Å². The Bertz CT molecular complexity index is 3080. The molecule has 0 saturated heterocycles. The third-order valence-corrected chi connectivity index (χ3v) is 9.86. The Labute approximate surface area is 305 Å². The summed E-state index contributed by atoms with van der Waals surface area (Å²) in [5, 5.41) is 6.43. The maximum atomic E-state index is 6.78. The van der Waals surface area contributed by atoms with Crippen molar-refractivity contribution in [2.24, 2.45) is 0 Å². The van der Waals surface area contributed by atoms with Crippen LogP contribution in [-0.4, -0.2) is 15.0 Å². The van der Waals surface area contributed by atoms with E-state index in [0.717, 1.165) is 82.6 Å². The van der Waals surface area contributed by atoms with Crippen molar-refractivity contribution in [3.05, 3.63) is 169 Å². The summed E-state index contributed by atoms with van der Waals surface area (Å²) in [6, 6.07) is 49.8. The minimum atomic E-state index is 0.562. The minimum absolute atomic E-state index is 0.562. The van der Waals surface area contributed by atoms with Crippen molar-refractivity contribution in [3.63, 3.8) is 0 Å². The van der Waals surface area contributed by atoms with Crippen LogP contribution in [0.4, 0.5) is 0 Å². The zero-order valence-corrected chi connectivity index (χ0v) is 28.8. The van der Waals surface area contributed by atoms with Gasteiger partial charge in [-0.25, -0.2) is 15.0 Å². The van der Waals surface area contributed by atoms with Crippen LogP contribution >= 0.6 is 0 Å². The minimum Gasteiger partial charge on any atom is -0.456 e. The number of hydrogen-bond acceptors (Lipinski definition) is 5. The second-order valence-electron chi connectivity index (χ2n) is 13.1. The smallest absolute Gasteiger partial charge is 0.164 e. The Kier molecular flexibility index (Phi) is 7.29. The number of hydrogen-bond donors (Lipinski definition) is 0.